The number of fused-ring (bicyclic) bond motifs is 1. The van der Waals surface area contributed by atoms with Crippen LogP contribution in [0.1, 0.15) is 25.7 Å². The maximum Gasteiger partial charge on any atom is 0.257 e. The highest BCUT2D eigenvalue weighted by Crippen LogP contribution is 2.39. The van der Waals surface area contributed by atoms with E-state index >= 15 is 0 Å². The van der Waals surface area contributed by atoms with Crippen LogP contribution < -0.4 is 5.32 Å². The second-order valence-corrected chi connectivity index (χ2v) is 5.52. The van der Waals surface area contributed by atoms with Gasteiger partial charge in [-0.15, -0.1) is 0 Å². The molecule has 0 radical (unpaired) electrons. The van der Waals surface area contributed by atoms with E-state index in [4.69, 9.17) is 0 Å². The summed E-state index contributed by atoms with van der Waals surface area (Å²) in [5.74, 6) is -0.0240. The van der Waals surface area contributed by atoms with E-state index in [9.17, 15) is 13.6 Å². The minimum atomic E-state index is -2.45. The molecule has 2 fully saturated rings. The Kier molecular flexibility index (Phi) is 3.45. The van der Waals surface area contributed by atoms with Crippen LogP contribution in [0.15, 0.2) is 12.4 Å². The SMILES string of the molecule is O=C(Nc1cnn(CC(F)F)c1)C12CCCN1CCC2. The summed E-state index contributed by atoms with van der Waals surface area (Å²) in [6, 6.07) is 0. The number of amides is 1. The molecule has 2 saturated heterocycles. The number of aromatic nitrogens is 2. The number of alkyl halides is 2. The third kappa shape index (κ3) is 2.30. The first-order chi connectivity index (χ1) is 9.60. The summed E-state index contributed by atoms with van der Waals surface area (Å²) in [6.07, 6.45) is 4.27. The molecule has 0 atom stereocenters. The first kappa shape index (κ1) is 13.5. The monoisotopic (exact) mass is 284 g/mol. The molecule has 1 aromatic rings. The third-order valence-electron chi connectivity index (χ3n) is 4.28. The largest absolute Gasteiger partial charge is 0.322 e. The molecule has 0 aromatic carbocycles. The minimum Gasteiger partial charge on any atom is -0.322 e. The average molecular weight is 284 g/mol. The van der Waals surface area contributed by atoms with Gasteiger partial charge in [-0.25, -0.2) is 8.78 Å². The van der Waals surface area contributed by atoms with Crippen molar-refractivity contribution in [1.29, 1.82) is 0 Å². The van der Waals surface area contributed by atoms with E-state index < -0.39 is 13.0 Å². The Morgan fingerprint density at radius 3 is 2.75 bits per heavy atom. The lowest BCUT2D eigenvalue weighted by Crippen LogP contribution is -2.48. The zero-order valence-electron chi connectivity index (χ0n) is 11.2. The lowest BCUT2D eigenvalue weighted by Gasteiger charge is -2.30. The Morgan fingerprint density at radius 2 is 2.10 bits per heavy atom. The Morgan fingerprint density at radius 1 is 1.40 bits per heavy atom. The average Bonchev–Trinajstić information content (AvgIpc) is 3.02. The van der Waals surface area contributed by atoms with E-state index in [1.54, 1.807) is 0 Å². The molecule has 0 unspecified atom stereocenters. The zero-order valence-corrected chi connectivity index (χ0v) is 11.2. The van der Waals surface area contributed by atoms with E-state index in [1.807, 2.05) is 0 Å². The van der Waals surface area contributed by atoms with E-state index in [1.165, 1.54) is 12.4 Å². The van der Waals surface area contributed by atoms with Gasteiger partial charge in [0.15, 0.2) is 0 Å². The van der Waals surface area contributed by atoms with Crippen LogP contribution in [0.2, 0.25) is 0 Å². The standard InChI is InChI=1S/C13H18F2N4O/c14-11(15)9-19-8-10(7-16-19)17-12(20)13-3-1-5-18(13)6-2-4-13/h7-8,11H,1-6,9H2,(H,17,20). The van der Waals surface area contributed by atoms with Crippen molar-refractivity contribution in [2.24, 2.45) is 0 Å². The Labute approximate surface area is 115 Å². The summed E-state index contributed by atoms with van der Waals surface area (Å²) in [6.45, 7) is 1.49. The van der Waals surface area contributed by atoms with E-state index in [-0.39, 0.29) is 11.4 Å². The molecule has 20 heavy (non-hydrogen) atoms. The Balaban J connectivity index is 1.68. The topological polar surface area (TPSA) is 50.2 Å². The minimum absolute atomic E-state index is 0.0240. The number of rotatable bonds is 4. The van der Waals surface area contributed by atoms with Gasteiger partial charge in [-0.1, -0.05) is 0 Å². The summed E-state index contributed by atoms with van der Waals surface area (Å²) in [4.78, 5) is 14.8. The third-order valence-corrected chi connectivity index (χ3v) is 4.28. The summed E-state index contributed by atoms with van der Waals surface area (Å²) in [5, 5.41) is 6.66. The molecule has 2 aliphatic rings. The molecule has 0 saturated carbocycles. The smallest absolute Gasteiger partial charge is 0.257 e. The fraction of sp³-hybridized carbons (Fsp3) is 0.692. The number of carbonyl (C=O) groups excluding carboxylic acids is 1. The van der Waals surface area contributed by atoms with Gasteiger partial charge in [-0.2, -0.15) is 5.10 Å². The quantitative estimate of drug-likeness (QED) is 0.916. The number of halogens is 2. The molecule has 0 aliphatic carbocycles. The molecule has 1 N–H and O–H groups in total. The molecule has 0 bridgehead atoms. The van der Waals surface area contributed by atoms with Crippen LogP contribution in [0.5, 0.6) is 0 Å². The number of nitrogens with one attached hydrogen (secondary N) is 1. The van der Waals surface area contributed by atoms with Crippen LogP contribution in [0.25, 0.3) is 0 Å². The van der Waals surface area contributed by atoms with Crippen LogP contribution in [0.3, 0.4) is 0 Å². The maximum atomic E-state index is 12.5. The van der Waals surface area contributed by atoms with Gasteiger partial charge < -0.3 is 5.32 Å². The van der Waals surface area contributed by atoms with E-state index in [0.717, 1.165) is 43.5 Å². The van der Waals surface area contributed by atoms with Crippen LogP contribution in [0, 0.1) is 0 Å². The fourth-order valence-corrected chi connectivity index (χ4v) is 3.39. The number of nitrogens with zero attached hydrogens (tertiary/aromatic N) is 3. The number of hydrogen-bond donors (Lipinski definition) is 1. The highest BCUT2D eigenvalue weighted by molar-refractivity contribution is 5.98. The van der Waals surface area contributed by atoms with E-state index in [0.29, 0.717) is 5.69 Å². The van der Waals surface area contributed by atoms with Gasteiger partial charge in [0.25, 0.3) is 6.43 Å². The van der Waals surface area contributed by atoms with Gasteiger partial charge in [0.1, 0.15) is 12.1 Å². The first-order valence-electron chi connectivity index (χ1n) is 6.97. The molecule has 3 rings (SSSR count). The number of hydrogen-bond acceptors (Lipinski definition) is 3. The molecule has 1 aromatic heterocycles. The van der Waals surface area contributed by atoms with Gasteiger partial charge in [0, 0.05) is 6.20 Å². The summed E-state index contributed by atoms with van der Waals surface area (Å²) < 4.78 is 25.7. The lowest BCUT2D eigenvalue weighted by molar-refractivity contribution is -0.125. The van der Waals surface area contributed by atoms with Crippen LogP contribution >= 0.6 is 0 Å². The van der Waals surface area contributed by atoms with Crippen molar-refractivity contribution in [3.8, 4) is 0 Å². The summed E-state index contributed by atoms with van der Waals surface area (Å²) >= 11 is 0. The molecule has 2 aliphatic heterocycles. The van der Waals surface area contributed by atoms with Crippen LogP contribution in [0.4, 0.5) is 14.5 Å². The van der Waals surface area contributed by atoms with Crippen molar-refractivity contribution in [2.45, 2.75) is 44.2 Å². The van der Waals surface area contributed by atoms with Crippen LogP contribution in [-0.2, 0) is 11.3 Å². The van der Waals surface area contributed by atoms with Crippen molar-refractivity contribution < 1.29 is 13.6 Å². The molecular formula is C13H18F2N4O. The summed E-state index contributed by atoms with van der Waals surface area (Å²) in [7, 11) is 0. The maximum absolute atomic E-state index is 12.5. The van der Waals surface area contributed by atoms with Crippen molar-refractivity contribution in [1.82, 2.24) is 14.7 Å². The molecule has 7 heteroatoms. The normalized spacial score (nSPS) is 21.4. The highest BCUT2D eigenvalue weighted by atomic mass is 19.3. The lowest BCUT2D eigenvalue weighted by atomic mass is 9.93. The van der Waals surface area contributed by atoms with E-state index in [2.05, 4.69) is 15.3 Å². The molecule has 1 amide bonds. The highest BCUT2D eigenvalue weighted by Gasteiger charge is 2.49. The van der Waals surface area contributed by atoms with Gasteiger partial charge >= 0.3 is 0 Å². The second kappa shape index (κ2) is 5.12. The van der Waals surface area contributed by atoms with Gasteiger partial charge in [-0.3, -0.25) is 14.4 Å². The fourth-order valence-electron chi connectivity index (χ4n) is 3.39. The molecule has 5 nitrogen and oxygen atoms in total. The molecule has 3 heterocycles. The van der Waals surface area contributed by atoms with Crippen LogP contribution in [-0.4, -0.2) is 45.6 Å². The molecule has 110 valence electrons. The zero-order chi connectivity index (χ0) is 14.2. The second-order valence-electron chi connectivity index (χ2n) is 5.52. The van der Waals surface area contributed by atoms with Gasteiger partial charge in [0.05, 0.1) is 11.9 Å². The first-order valence-corrected chi connectivity index (χ1v) is 6.97. The van der Waals surface area contributed by atoms with Crippen molar-refractivity contribution in [3.63, 3.8) is 0 Å². The molecule has 0 spiro atoms. The van der Waals surface area contributed by atoms with Crippen molar-refractivity contribution in [2.75, 3.05) is 18.4 Å². The number of carbonyl (C=O) groups is 1. The van der Waals surface area contributed by atoms with Gasteiger partial charge in [-0.05, 0) is 38.8 Å². The van der Waals surface area contributed by atoms with Crippen molar-refractivity contribution >= 4 is 11.6 Å². The Bertz CT molecular complexity index is 492. The predicted octanol–water partition coefficient (Wildman–Crippen LogP) is 1.72. The summed E-state index contributed by atoms with van der Waals surface area (Å²) in [5.41, 5.74) is 0.105. The Hall–Kier alpha value is -1.50. The predicted molar refractivity (Wildman–Crippen MR) is 69.6 cm³/mol. The van der Waals surface area contributed by atoms with Crippen molar-refractivity contribution in [3.05, 3.63) is 12.4 Å². The number of anilines is 1. The van der Waals surface area contributed by atoms with Gasteiger partial charge in [0.2, 0.25) is 5.91 Å². The molecular weight excluding hydrogens is 266 g/mol.